The van der Waals surface area contributed by atoms with Gasteiger partial charge in [0.1, 0.15) is 0 Å². The maximum Gasteiger partial charge on any atom is 0.0590 e. The van der Waals surface area contributed by atoms with Crippen molar-refractivity contribution in [2.24, 2.45) is 11.1 Å². The molecular weight excluding hydrogens is 240 g/mol. The van der Waals surface area contributed by atoms with Crippen LogP contribution in [0.5, 0.6) is 0 Å². The molecule has 0 bridgehead atoms. The lowest BCUT2D eigenvalue weighted by Gasteiger charge is -2.33. The smallest absolute Gasteiger partial charge is 0.0590 e. The highest BCUT2D eigenvalue weighted by Gasteiger charge is 2.39. The van der Waals surface area contributed by atoms with Gasteiger partial charge in [-0.05, 0) is 49.6 Å². The summed E-state index contributed by atoms with van der Waals surface area (Å²) in [5, 5.41) is 2.16. The summed E-state index contributed by atoms with van der Waals surface area (Å²) >= 11 is 1.84. The largest absolute Gasteiger partial charge is 0.326 e. The van der Waals surface area contributed by atoms with E-state index >= 15 is 0 Å². The van der Waals surface area contributed by atoms with E-state index in [0.717, 1.165) is 0 Å². The van der Waals surface area contributed by atoms with Crippen molar-refractivity contribution in [3.8, 4) is 0 Å². The molecule has 0 amide bonds. The first kappa shape index (κ1) is 14.0. The number of nitrogens with zero attached hydrogens (tertiary/aromatic N) is 1. The Bertz CT molecular complexity index is 355. The van der Waals surface area contributed by atoms with Crippen molar-refractivity contribution in [3.05, 3.63) is 22.4 Å². The van der Waals surface area contributed by atoms with Gasteiger partial charge in [-0.1, -0.05) is 19.9 Å². The minimum absolute atomic E-state index is 0.202. The van der Waals surface area contributed by atoms with Gasteiger partial charge in [0.05, 0.1) is 6.04 Å². The molecule has 2 heterocycles. The molecule has 18 heavy (non-hydrogen) atoms. The van der Waals surface area contributed by atoms with Crippen LogP contribution in [0.2, 0.25) is 0 Å². The predicted octanol–water partition coefficient (Wildman–Crippen LogP) is 3.65. The lowest BCUT2D eigenvalue weighted by atomic mass is 9.82. The Hall–Kier alpha value is -0.380. The fourth-order valence-corrected chi connectivity index (χ4v) is 4.24. The second-order valence-electron chi connectivity index (χ2n) is 5.75. The molecule has 2 atom stereocenters. The SMILES string of the molecule is CCC1(CC)CCN(C(c2cccs2)C(C)N)C1. The molecule has 0 aliphatic carbocycles. The molecule has 2 rings (SSSR count). The van der Waals surface area contributed by atoms with Crippen molar-refractivity contribution in [2.75, 3.05) is 13.1 Å². The van der Waals surface area contributed by atoms with Gasteiger partial charge in [-0.25, -0.2) is 0 Å². The van der Waals surface area contributed by atoms with Crippen molar-refractivity contribution in [1.29, 1.82) is 0 Å². The van der Waals surface area contributed by atoms with E-state index in [-0.39, 0.29) is 6.04 Å². The van der Waals surface area contributed by atoms with Gasteiger partial charge in [0.25, 0.3) is 0 Å². The number of likely N-dealkylation sites (tertiary alicyclic amines) is 1. The molecule has 2 unspecified atom stereocenters. The molecular formula is C15H26N2S. The average Bonchev–Trinajstić information content (AvgIpc) is 2.99. The Morgan fingerprint density at radius 2 is 2.17 bits per heavy atom. The standard InChI is InChI=1S/C15H26N2S/c1-4-15(5-2)8-9-17(11-15)14(12(3)16)13-7-6-10-18-13/h6-7,10,12,14H,4-5,8-9,11,16H2,1-3H3. The van der Waals surface area contributed by atoms with E-state index in [9.17, 15) is 0 Å². The minimum Gasteiger partial charge on any atom is -0.326 e. The molecule has 0 spiro atoms. The van der Waals surface area contributed by atoms with Crippen LogP contribution in [0, 0.1) is 5.41 Å². The zero-order valence-corrected chi connectivity index (χ0v) is 12.7. The van der Waals surface area contributed by atoms with E-state index in [2.05, 4.69) is 43.2 Å². The third kappa shape index (κ3) is 2.63. The first-order valence-electron chi connectivity index (χ1n) is 7.15. The van der Waals surface area contributed by atoms with Gasteiger partial charge in [0.15, 0.2) is 0 Å². The number of hydrogen-bond acceptors (Lipinski definition) is 3. The topological polar surface area (TPSA) is 29.3 Å². The highest BCUT2D eigenvalue weighted by atomic mass is 32.1. The molecule has 0 aromatic carbocycles. The van der Waals surface area contributed by atoms with E-state index in [0.29, 0.717) is 11.5 Å². The fourth-order valence-electron chi connectivity index (χ4n) is 3.27. The van der Waals surface area contributed by atoms with Gasteiger partial charge >= 0.3 is 0 Å². The summed E-state index contributed by atoms with van der Waals surface area (Å²) in [5.41, 5.74) is 6.78. The first-order valence-corrected chi connectivity index (χ1v) is 8.03. The Labute approximate surface area is 115 Å². The maximum atomic E-state index is 6.24. The van der Waals surface area contributed by atoms with Crippen LogP contribution in [-0.2, 0) is 0 Å². The van der Waals surface area contributed by atoms with Crippen LogP contribution in [0.4, 0.5) is 0 Å². The number of nitrogens with two attached hydrogens (primary N) is 1. The molecule has 1 aliphatic rings. The van der Waals surface area contributed by atoms with E-state index in [4.69, 9.17) is 5.73 Å². The van der Waals surface area contributed by atoms with Gasteiger partial charge in [0.2, 0.25) is 0 Å². The van der Waals surface area contributed by atoms with Gasteiger partial charge < -0.3 is 5.73 Å². The van der Waals surface area contributed by atoms with Crippen LogP contribution in [0.3, 0.4) is 0 Å². The van der Waals surface area contributed by atoms with Crippen LogP contribution >= 0.6 is 11.3 Å². The average molecular weight is 266 g/mol. The van der Waals surface area contributed by atoms with Crippen molar-refractivity contribution in [3.63, 3.8) is 0 Å². The molecule has 0 saturated carbocycles. The van der Waals surface area contributed by atoms with Crippen molar-refractivity contribution in [2.45, 2.75) is 52.1 Å². The molecule has 2 N–H and O–H groups in total. The van der Waals surface area contributed by atoms with Crippen LogP contribution in [0.15, 0.2) is 17.5 Å². The number of hydrogen-bond donors (Lipinski definition) is 1. The summed E-state index contributed by atoms with van der Waals surface area (Å²) in [6, 6.07) is 4.98. The zero-order chi connectivity index (χ0) is 13.2. The molecule has 2 nitrogen and oxygen atoms in total. The van der Waals surface area contributed by atoms with Gasteiger partial charge in [-0.3, -0.25) is 4.90 Å². The Kier molecular flexibility index (Phi) is 4.46. The maximum absolute atomic E-state index is 6.24. The summed E-state index contributed by atoms with van der Waals surface area (Å²) in [4.78, 5) is 4.04. The Morgan fingerprint density at radius 1 is 1.44 bits per heavy atom. The van der Waals surface area contributed by atoms with Crippen LogP contribution in [-0.4, -0.2) is 24.0 Å². The summed E-state index contributed by atoms with van der Waals surface area (Å²) in [6.45, 7) is 9.22. The zero-order valence-electron chi connectivity index (χ0n) is 11.9. The highest BCUT2D eigenvalue weighted by Crippen LogP contribution is 2.41. The summed E-state index contributed by atoms with van der Waals surface area (Å²) in [5.74, 6) is 0. The van der Waals surface area contributed by atoms with Crippen LogP contribution in [0.1, 0.15) is 51.0 Å². The molecule has 1 aromatic heterocycles. The van der Waals surface area contributed by atoms with Crippen molar-refractivity contribution < 1.29 is 0 Å². The summed E-state index contributed by atoms with van der Waals surface area (Å²) in [7, 11) is 0. The molecule has 0 radical (unpaired) electrons. The molecule has 102 valence electrons. The van der Waals surface area contributed by atoms with E-state index in [1.54, 1.807) is 0 Å². The monoisotopic (exact) mass is 266 g/mol. The fraction of sp³-hybridized carbons (Fsp3) is 0.733. The van der Waals surface area contributed by atoms with E-state index in [1.165, 1.54) is 37.2 Å². The normalized spacial score (nSPS) is 23.1. The predicted molar refractivity (Wildman–Crippen MR) is 79.9 cm³/mol. The van der Waals surface area contributed by atoms with Gasteiger partial charge in [0, 0.05) is 17.5 Å². The lowest BCUT2D eigenvalue weighted by molar-refractivity contribution is 0.180. The summed E-state index contributed by atoms with van der Waals surface area (Å²) in [6.07, 6.45) is 3.90. The third-order valence-corrected chi connectivity index (χ3v) is 5.64. The molecule has 1 saturated heterocycles. The molecule has 1 fully saturated rings. The number of thiophene rings is 1. The van der Waals surface area contributed by atoms with Crippen molar-refractivity contribution >= 4 is 11.3 Å². The molecule has 1 aromatic rings. The Balaban J connectivity index is 2.15. The quantitative estimate of drug-likeness (QED) is 0.881. The number of rotatable bonds is 5. The second-order valence-corrected chi connectivity index (χ2v) is 6.73. The van der Waals surface area contributed by atoms with E-state index < -0.39 is 0 Å². The van der Waals surface area contributed by atoms with Gasteiger partial charge in [-0.15, -0.1) is 11.3 Å². The first-order chi connectivity index (χ1) is 8.62. The lowest BCUT2D eigenvalue weighted by Crippen LogP contribution is -2.39. The second kappa shape index (κ2) is 5.72. The summed E-state index contributed by atoms with van der Waals surface area (Å²) < 4.78 is 0. The van der Waals surface area contributed by atoms with Crippen LogP contribution in [0.25, 0.3) is 0 Å². The van der Waals surface area contributed by atoms with Crippen LogP contribution < -0.4 is 5.73 Å². The van der Waals surface area contributed by atoms with Crippen molar-refractivity contribution in [1.82, 2.24) is 4.90 Å². The Morgan fingerprint density at radius 3 is 2.61 bits per heavy atom. The third-order valence-electron chi connectivity index (χ3n) is 4.69. The van der Waals surface area contributed by atoms with Gasteiger partial charge in [-0.2, -0.15) is 0 Å². The molecule has 3 heteroatoms. The highest BCUT2D eigenvalue weighted by molar-refractivity contribution is 7.10. The minimum atomic E-state index is 0.202. The molecule has 1 aliphatic heterocycles. The van der Waals surface area contributed by atoms with E-state index in [1.807, 2.05) is 11.3 Å².